The average Bonchev–Trinajstić information content (AvgIpc) is 2.95. The van der Waals surface area contributed by atoms with Gasteiger partial charge in [-0.05, 0) is 45.4 Å². The topological polar surface area (TPSA) is 32.8 Å². The van der Waals surface area contributed by atoms with E-state index in [0.717, 1.165) is 23.3 Å². The fourth-order valence-electron chi connectivity index (χ4n) is 2.51. The summed E-state index contributed by atoms with van der Waals surface area (Å²) in [6.07, 6.45) is 7.97. The Morgan fingerprint density at radius 2 is 1.94 bits per heavy atom. The van der Waals surface area contributed by atoms with Crippen molar-refractivity contribution < 1.29 is 9.84 Å². The molecule has 0 amide bonds. The first kappa shape index (κ1) is 12.7. The maximum Gasteiger partial charge on any atom is 0.0839 e. The second kappa shape index (κ2) is 5.74. The van der Waals surface area contributed by atoms with Crippen LogP contribution in [0.15, 0.2) is 0 Å². The second-order valence-corrected chi connectivity index (χ2v) is 7.08. The first-order valence-corrected chi connectivity index (χ1v) is 7.58. The normalized spacial score (nSPS) is 40.7. The molecule has 3 unspecified atom stereocenters. The van der Waals surface area contributed by atoms with Gasteiger partial charge in [-0.1, -0.05) is 6.92 Å². The summed E-state index contributed by atoms with van der Waals surface area (Å²) in [4.78, 5) is 0. The molecule has 0 bridgehead atoms. The SMILES string of the molecule is CC(CCC1OC1C)SC1CCC(O)CC1. The summed E-state index contributed by atoms with van der Waals surface area (Å²) < 4.78 is 5.43. The molecule has 3 atom stereocenters. The van der Waals surface area contributed by atoms with Crippen molar-refractivity contribution in [1.29, 1.82) is 0 Å². The molecule has 0 aromatic carbocycles. The van der Waals surface area contributed by atoms with Crippen molar-refractivity contribution in [2.75, 3.05) is 0 Å². The van der Waals surface area contributed by atoms with Gasteiger partial charge in [-0.15, -0.1) is 0 Å². The Bertz CT molecular complexity index is 214. The molecule has 0 radical (unpaired) electrons. The Morgan fingerprint density at radius 1 is 1.31 bits per heavy atom. The van der Waals surface area contributed by atoms with Crippen LogP contribution in [-0.4, -0.2) is 33.9 Å². The molecular weight excluding hydrogens is 220 g/mol. The van der Waals surface area contributed by atoms with Gasteiger partial charge < -0.3 is 9.84 Å². The number of thioether (sulfide) groups is 1. The summed E-state index contributed by atoms with van der Waals surface area (Å²) in [7, 11) is 0. The van der Waals surface area contributed by atoms with Gasteiger partial charge in [0.1, 0.15) is 0 Å². The van der Waals surface area contributed by atoms with Gasteiger partial charge in [-0.25, -0.2) is 0 Å². The van der Waals surface area contributed by atoms with E-state index in [1.807, 2.05) is 0 Å². The lowest BCUT2D eigenvalue weighted by molar-refractivity contribution is 0.132. The van der Waals surface area contributed by atoms with Crippen LogP contribution in [0.2, 0.25) is 0 Å². The zero-order valence-electron chi connectivity index (χ0n) is 10.4. The van der Waals surface area contributed by atoms with Crippen LogP contribution in [-0.2, 0) is 4.74 Å². The van der Waals surface area contributed by atoms with Gasteiger partial charge in [0, 0.05) is 10.5 Å². The summed E-state index contributed by atoms with van der Waals surface area (Å²) in [5, 5.41) is 11.0. The maximum absolute atomic E-state index is 9.45. The van der Waals surface area contributed by atoms with Crippen LogP contribution in [0.4, 0.5) is 0 Å². The minimum Gasteiger partial charge on any atom is -0.393 e. The molecule has 0 aromatic heterocycles. The van der Waals surface area contributed by atoms with Gasteiger partial charge >= 0.3 is 0 Å². The predicted molar refractivity (Wildman–Crippen MR) is 68.9 cm³/mol. The van der Waals surface area contributed by atoms with Crippen LogP contribution in [0.1, 0.15) is 52.4 Å². The second-order valence-electron chi connectivity index (χ2n) is 5.33. The average molecular weight is 244 g/mol. The Morgan fingerprint density at radius 3 is 2.50 bits per heavy atom. The molecule has 2 rings (SSSR count). The van der Waals surface area contributed by atoms with Crippen LogP contribution in [0.5, 0.6) is 0 Å². The van der Waals surface area contributed by atoms with Crippen molar-refractivity contribution in [3.05, 3.63) is 0 Å². The van der Waals surface area contributed by atoms with Crippen molar-refractivity contribution in [3.8, 4) is 0 Å². The van der Waals surface area contributed by atoms with Crippen LogP contribution < -0.4 is 0 Å². The quantitative estimate of drug-likeness (QED) is 0.755. The van der Waals surface area contributed by atoms with Crippen molar-refractivity contribution in [1.82, 2.24) is 0 Å². The summed E-state index contributed by atoms with van der Waals surface area (Å²) in [5.74, 6) is 0. The number of rotatable bonds is 5. The van der Waals surface area contributed by atoms with Gasteiger partial charge in [0.05, 0.1) is 18.3 Å². The van der Waals surface area contributed by atoms with Crippen molar-refractivity contribution in [2.24, 2.45) is 0 Å². The zero-order chi connectivity index (χ0) is 11.5. The smallest absolute Gasteiger partial charge is 0.0839 e. The molecule has 16 heavy (non-hydrogen) atoms. The Labute approximate surface area is 103 Å². The first-order valence-electron chi connectivity index (χ1n) is 6.64. The number of aliphatic hydroxyl groups is 1. The van der Waals surface area contributed by atoms with E-state index in [4.69, 9.17) is 4.74 Å². The number of ether oxygens (including phenoxy) is 1. The lowest BCUT2D eigenvalue weighted by Crippen LogP contribution is -2.21. The Hall–Kier alpha value is 0.270. The zero-order valence-corrected chi connectivity index (χ0v) is 11.2. The molecule has 0 spiro atoms. The van der Waals surface area contributed by atoms with E-state index in [2.05, 4.69) is 25.6 Å². The molecule has 2 nitrogen and oxygen atoms in total. The summed E-state index contributed by atoms with van der Waals surface area (Å²) in [6, 6.07) is 0. The lowest BCUT2D eigenvalue weighted by Gasteiger charge is -2.27. The number of hydrogen-bond acceptors (Lipinski definition) is 3. The summed E-state index contributed by atoms with van der Waals surface area (Å²) in [5.41, 5.74) is 0. The third kappa shape index (κ3) is 3.94. The van der Waals surface area contributed by atoms with Gasteiger partial charge in [0.15, 0.2) is 0 Å². The molecule has 1 aliphatic heterocycles. The van der Waals surface area contributed by atoms with Gasteiger partial charge in [0.25, 0.3) is 0 Å². The molecule has 2 fully saturated rings. The van der Waals surface area contributed by atoms with Crippen LogP contribution in [0, 0.1) is 0 Å². The molecule has 0 aromatic rings. The number of hydrogen-bond donors (Lipinski definition) is 1. The van der Waals surface area contributed by atoms with E-state index in [1.54, 1.807) is 0 Å². The van der Waals surface area contributed by atoms with Crippen LogP contribution in [0.25, 0.3) is 0 Å². The molecule has 1 saturated carbocycles. The third-order valence-corrected chi connectivity index (χ3v) is 5.32. The highest BCUT2D eigenvalue weighted by atomic mass is 32.2. The lowest BCUT2D eigenvalue weighted by atomic mass is 9.97. The predicted octanol–water partition coefficient (Wildman–Crippen LogP) is 2.98. The van der Waals surface area contributed by atoms with Crippen molar-refractivity contribution >= 4 is 11.8 Å². The van der Waals surface area contributed by atoms with Crippen LogP contribution >= 0.6 is 11.8 Å². The third-order valence-electron chi connectivity index (χ3n) is 3.76. The Balaban J connectivity index is 1.57. The van der Waals surface area contributed by atoms with Crippen molar-refractivity contribution in [3.63, 3.8) is 0 Å². The molecule has 3 heteroatoms. The fourth-order valence-corrected chi connectivity index (χ4v) is 3.98. The maximum atomic E-state index is 9.45. The largest absolute Gasteiger partial charge is 0.393 e. The minimum atomic E-state index is -0.0205. The highest BCUT2D eigenvalue weighted by molar-refractivity contribution is 8.00. The fraction of sp³-hybridized carbons (Fsp3) is 1.00. The van der Waals surface area contributed by atoms with Crippen LogP contribution in [0.3, 0.4) is 0 Å². The highest BCUT2D eigenvalue weighted by Gasteiger charge is 2.33. The number of epoxide rings is 1. The van der Waals surface area contributed by atoms with Gasteiger partial charge in [-0.3, -0.25) is 0 Å². The van der Waals surface area contributed by atoms with Crippen molar-refractivity contribution in [2.45, 2.75) is 81.2 Å². The first-order chi connectivity index (χ1) is 7.65. The standard InChI is InChI=1S/C13H24O2S/c1-9(3-8-13-10(2)15-13)16-12-6-4-11(14)5-7-12/h9-14H,3-8H2,1-2H3. The Kier molecular flexibility index (Phi) is 4.57. The highest BCUT2D eigenvalue weighted by Crippen LogP contribution is 2.34. The van der Waals surface area contributed by atoms with Gasteiger partial charge in [0.2, 0.25) is 0 Å². The molecule has 1 saturated heterocycles. The molecule has 2 aliphatic rings. The minimum absolute atomic E-state index is 0.0205. The molecular formula is C13H24O2S. The monoisotopic (exact) mass is 244 g/mol. The van der Waals surface area contributed by atoms with E-state index < -0.39 is 0 Å². The van der Waals surface area contributed by atoms with E-state index in [9.17, 15) is 5.11 Å². The van der Waals surface area contributed by atoms with E-state index >= 15 is 0 Å². The van der Waals surface area contributed by atoms with E-state index in [0.29, 0.717) is 12.2 Å². The summed E-state index contributed by atoms with van der Waals surface area (Å²) >= 11 is 2.13. The molecule has 94 valence electrons. The summed E-state index contributed by atoms with van der Waals surface area (Å²) in [6.45, 7) is 4.49. The van der Waals surface area contributed by atoms with Gasteiger partial charge in [-0.2, -0.15) is 11.8 Å². The molecule has 1 aliphatic carbocycles. The molecule has 1 N–H and O–H groups in total. The number of aliphatic hydroxyl groups excluding tert-OH is 1. The van der Waals surface area contributed by atoms with E-state index in [-0.39, 0.29) is 6.10 Å². The van der Waals surface area contributed by atoms with E-state index in [1.165, 1.54) is 25.7 Å². The molecule has 1 heterocycles.